The lowest BCUT2D eigenvalue weighted by Crippen LogP contribution is -2.27. The van der Waals surface area contributed by atoms with Crippen LogP contribution < -0.4 is 4.74 Å². The van der Waals surface area contributed by atoms with E-state index in [0.717, 1.165) is 27.9 Å². The fraction of sp³-hybridized carbons (Fsp3) is 0.273. The van der Waals surface area contributed by atoms with Gasteiger partial charge >= 0.3 is 0 Å². The van der Waals surface area contributed by atoms with Crippen molar-refractivity contribution in [3.63, 3.8) is 0 Å². The Morgan fingerprint density at radius 3 is 2.87 bits per heavy atom. The highest BCUT2D eigenvalue weighted by atomic mass is 16.5. The first-order valence-electron chi connectivity index (χ1n) is 9.59. The van der Waals surface area contributed by atoms with Gasteiger partial charge in [0.2, 0.25) is 5.89 Å². The number of ether oxygens (including phenoxy) is 1. The lowest BCUT2D eigenvalue weighted by atomic mass is 10.2. The fourth-order valence-corrected chi connectivity index (χ4v) is 3.31. The number of hydrogen-bond donors (Lipinski definition) is 0. The second kappa shape index (κ2) is 7.98. The normalized spacial score (nSPS) is 11.1. The number of benzene rings is 1. The number of aromatic nitrogens is 4. The molecule has 8 nitrogen and oxygen atoms in total. The van der Waals surface area contributed by atoms with Crippen molar-refractivity contribution in [1.82, 2.24) is 24.6 Å². The van der Waals surface area contributed by atoms with Gasteiger partial charge in [-0.3, -0.25) is 14.5 Å². The highest BCUT2D eigenvalue weighted by Gasteiger charge is 2.20. The summed E-state index contributed by atoms with van der Waals surface area (Å²) in [6, 6.07) is 9.49. The molecule has 8 heteroatoms. The summed E-state index contributed by atoms with van der Waals surface area (Å²) in [4.78, 5) is 22.9. The van der Waals surface area contributed by atoms with Crippen LogP contribution in [0.25, 0.3) is 10.9 Å². The van der Waals surface area contributed by atoms with Crippen LogP contribution in [0.4, 0.5) is 0 Å². The predicted octanol–water partition coefficient (Wildman–Crippen LogP) is 3.42. The standard InChI is InChI=1S/C22H23N5O3/c1-14-18(15(2)27(4)25-14)11-26(3)22(28)20-12-30-21(24-20)13-29-17-7-8-19-16(10-17)6-5-9-23-19/h5-10,12H,11,13H2,1-4H3. The molecular formula is C22H23N5O3. The Kier molecular flexibility index (Phi) is 5.22. The van der Waals surface area contributed by atoms with Crippen molar-refractivity contribution in [1.29, 1.82) is 0 Å². The summed E-state index contributed by atoms with van der Waals surface area (Å²) in [5.41, 5.74) is 4.13. The number of carbonyl (C=O) groups is 1. The molecule has 3 heterocycles. The van der Waals surface area contributed by atoms with E-state index in [1.54, 1.807) is 18.1 Å². The molecule has 0 bridgehead atoms. The van der Waals surface area contributed by atoms with Gasteiger partial charge in [0.1, 0.15) is 12.0 Å². The topological polar surface area (TPSA) is 86.3 Å². The summed E-state index contributed by atoms with van der Waals surface area (Å²) in [6.45, 7) is 4.51. The van der Waals surface area contributed by atoms with Crippen LogP contribution >= 0.6 is 0 Å². The molecule has 0 saturated carbocycles. The second-order valence-corrected chi connectivity index (χ2v) is 7.21. The van der Waals surface area contributed by atoms with Gasteiger partial charge < -0.3 is 14.1 Å². The summed E-state index contributed by atoms with van der Waals surface area (Å²) in [7, 11) is 3.63. The Bertz CT molecular complexity index is 1210. The molecule has 3 aromatic heterocycles. The highest BCUT2D eigenvalue weighted by Crippen LogP contribution is 2.20. The molecule has 1 amide bonds. The van der Waals surface area contributed by atoms with Gasteiger partial charge in [-0.05, 0) is 38.1 Å². The fourth-order valence-electron chi connectivity index (χ4n) is 3.31. The van der Waals surface area contributed by atoms with Crippen LogP contribution in [0.1, 0.15) is 33.3 Å². The monoisotopic (exact) mass is 405 g/mol. The quantitative estimate of drug-likeness (QED) is 0.489. The molecule has 0 atom stereocenters. The number of oxazole rings is 1. The zero-order valence-electron chi connectivity index (χ0n) is 17.4. The SMILES string of the molecule is Cc1nn(C)c(C)c1CN(C)C(=O)c1coc(COc2ccc3ncccc3c2)n1. The summed E-state index contributed by atoms with van der Waals surface area (Å²) < 4.78 is 13.0. The maximum atomic E-state index is 12.7. The minimum atomic E-state index is -0.218. The largest absolute Gasteiger partial charge is 0.484 e. The molecule has 0 aliphatic rings. The molecule has 4 aromatic rings. The number of pyridine rings is 1. The van der Waals surface area contributed by atoms with E-state index >= 15 is 0 Å². The van der Waals surface area contributed by atoms with Crippen LogP contribution in [0.15, 0.2) is 47.2 Å². The minimum absolute atomic E-state index is 0.129. The van der Waals surface area contributed by atoms with Crippen molar-refractivity contribution >= 4 is 16.8 Å². The average Bonchev–Trinajstić information content (AvgIpc) is 3.31. The number of aryl methyl sites for hydroxylation is 2. The first kappa shape index (κ1) is 19.6. The van der Waals surface area contributed by atoms with Gasteiger partial charge in [0, 0.05) is 43.5 Å². The van der Waals surface area contributed by atoms with Gasteiger partial charge in [-0.25, -0.2) is 4.98 Å². The van der Waals surface area contributed by atoms with Gasteiger partial charge in [0.05, 0.1) is 11.2 Å². The zero-order chi connectivity index (χ0) is 21.3. The number of fused-ring (bicyclic) bond motifs is 1. The van der Waals surface area contributed by atoms with E-state index in [2.05, 4.69) is 15.1 Å². The van der Waals surface area contributed by atoms with Crippen molar-refractivity contribution in [2.24, 2.45) is 7.05 Å². The van der Waals surface area contributed by atoms with Crippen LogP contribution in [-0.2, 0) is 20.2 Å². The molecule has 4 rings (SSSR count). The van der Waals surface area contributed by atoms with E-state index in [1.807, 2.05) is 55.9 Å². The molecule has 0 N–H and O–H groups in total. The van der Waals surface area contributed by atoms with E-state index in [0.29, 0.717) is 18.2 Å². The molecule has 0 radical (unpaired) electrons. The lowest BCUT2D eigenvalue weighted by Gasteiger charge is -2.16. The number of carbonyl (C=O) groups excluding carboxylic acids is 1. The zero-order valence-corrected chi connectivity index (χ0v) is 17.4. The molecule has 0 aliphatic carbocycles. The van der Waals surface area contributed by atoms with E-state index < -0.39 is 0 Å². The Morgan fingerprint density at radius 2 is 2.10 bits per heavy atom. The summed E-state index contributed by atoms with van der Waals surface area (Å²) in [5.74, 6) is 0.803. The molecule has 1 aromatic carbocycles. The number of hydrogen-bond acceptors (Lipinski definition) is 6. The Labute approximate surface area is 174 Å². The van der Waals surface area contributed by atoms with E-state index in [4.69, 9.17) is 9.15 Å². The maximum absolute atomic E-state index is 12.7. The van der Waals surface area contributed by atoms with Gasteiger partial charge in [-0.15, -0.1) is 0 Å². The molecule has 0 spiro atoms. The predicted molar refractivity (Wildman–Crippen MR) is 111 cm³/mol. The van der Waals surface area contributed by atoms with E-state index in [-0.39, 0.29) is 18.2 Å². The molecular weight excluding hydrogens is 382 g/mol. The molecule has 0 unspecified atom stereocenters. The van der Waals surface area contributed by atoms with Crippen LogP contribution in [0.5, 0.6) is 5.75 Å². The highest BCUT2D eigenvalue weighted by molar-refractivity contribution is 5.91. The lowest BCUT2D eigenvalue weighted by molar-refractivity contribution is 0.0778. The third-order valence-corrected chi connectivity index (χ3v) is 5.11. The van der Waals surface area contributed by atoms with Crippen molar-refractivity contribution in [2.45, 2.75) is 27.0 Å². The number of rotatable bonds is 6. The maximum Gasteiger partial charge on any atom is 0.275 e. The van der Waals surface area contributed by atoms with Gasteiger partial charge in [0.25, 0.3) is 5.91 Å². The minimum Gasteiger partial charge on any atom is -0.484 e. The van der Waals surface area contributed by atoms with E-state index in [1.165, 1.54) is 6.26 Å². The Morgan fingerprint density at radius 1 is 1.27 bits per heavy atom. The molecule has 0 fully saturated rings. The van der Waals surface area contributed by atoms with Gasteiger partial charge in [-0.1, -0.05) is 6.07 Å². The summed E-state index contributed by atoms with van der Waals surface area (Å²) >= 11 is 0. The van der Waals surface area contributed by atoms with Crippen LogP contribution in [0.3, 0.4) is 0 Å². The Balaban J connectivity index is 1.40. The van der Waals surface area contributed by atoms with Crippen LogP contribution in [0.2, 0.25) is 0 Å². The molecule has 154 valence electrons. The first-order chi connectivity index (χ1) is 14.4. The Hall–Kier alpha value is -3.68. The molecule has 0 saturated heterocycles. The summed E-state index contributed by atoms with van der Waals surface area (Å²) in [6.07, 6.45) is 3.12. The summed E-state index contributed by atoms with van der Waals surface area (Å²) in [5, 5.41) is 5.38. The average molecular weight is 405 g/mol. The first-order valence-corrected chi connectivity index (χ1v) is 9.59. The van der Waals surface area contributed by atoms with Crippen LogP contribution in [0, 0.1) is 13.8 Å². The van der Waals surface area contributed by atoms with Crippen LogP contribution in [-0.4, -0.2) is 37.6 Å². The van der Waals surface area contributed by atoms with Crippen molar-refractivity contribution < 1.29 is 13.9 Å². The second-order valence-electron chi connectivity index (χ2n) is 7.21. The van der Waals surface area contributed by atoms with Crippen molar-refractivity contribution in [3.05, 3.63) is 71.3 Å². The third kappa shape index (κ3) is 3.89. The molecule has 30 heavy (non-hydrogen) atoms. The third-order valence-electron chi connectivity index (χ3n) is 5.11. The van der Waals surface area contributed by atoms with Gasteiger partial charge in [0.15, 0.2) is 12.3 Å². The van der Waals surface area contributed by atoms with Gasteiger partial charge in [-0.2, -0.15) is 5.10 Å². The smallest absolute Gasteiger partial charge is 0.275 e. The van der Waals surface area contributed by atoms with Crippen molar-refractivity contribution in [3.8, 4) is 5.75 Å². The van der Waals surface area contributed by atoms with Crippen molar-refractivity contribution in [2.75, 3.05) is 7.05 Å². The number of nitrogens with zero attached hydrogens (tertiary/aromatic N) is 5. The number of amides is 1. The molecule has 0 aliphatic heterocycles. The van der Waals surface area contributed by atoms with E-state index in [9.17, 15) is 4.79 Å².